The van der Waals surface area contributed by atoms with E-state index in [2.05, 4.69) is 25.4 Å². The molecule has 2 heterocycles. The summed E-state index contributed by atoms with van der Waals surface area (Å²) < 4.78 is 15.1. The molecule has 0 bridgehead atoms. The molecule has 2 aromatic rings. The molecule has 0 saturated heterocycles. The second-order valence-corrected chi connectivity index (χ2v) is 4.37. The first-order chi connectivity index (χ1) is 8.99. The summed E-state index contributed by atoms with van der Waals surface area (Å²) in [5, 5.41) is 7.06. The maximum Gasteiger partial charge on any atom is 0.225 e. The predicted molar refractivity (Wildman–Crippen MR) is 69.4 cm³/mol. The molecule has 1 atom stereocenters. The lowest BCUT2D eigenvalue weighted by Crippen LogP contribution is -2.17. The van der Waals surface area contributed by atoms with Gasteiger partial charge in [0.2, 0.25) is 5.95 Å². The standard InChI is InChI=1S/C11H16FN7/c1-7(9-14-6-15-19(9)4)16-11-13-5-8(12)10(17-11)18(2)3/h5-7H,1-4H3,(H,13,16,17). The molecule has 0 aliphatic carbocycles. The van der Waals surface area contributed by atoms with Crippen molar-refractivity contribution < 1.29 is 4.39 Å². The van der Waals surface area contributed by atoms with Crippen molar-refractivity contribution in [1.29, 1.82) is 0 Å². The van der Waals surface area contributed by atoms with Gasteiger partial charge in [0.1, 0.15) is 12.2 Å². The van der Waals surface area contributed by atoms with Crippen molar-refractivity contribution in [1.82, 2.24) is 24.7 Å². The summed E-state index contributed by atoms with van der Waals surface area (Å²) in [4.78, 5) is 13.8. The van der Waals surface area contributed by atoms with Crippen LogP contribution in [0.2, 0.25) is 0 Å². The molecule has 0 fully saturated rings. The molecular formula is C11H16FN7. The van der Waals surface area contributed by atoms with E-state index in [9.17, 15) is 4.39 Å². The smallest absolute Gasteiger partial charge is 0.225 e. The molecule has 0 aromatic carbocycles. The first-order valence-electron chi connectivity index (χ1n) is 5.79. The molecule has 2 aromatic heterocycles. The minimum absolute atomic E-state index is 0.132. The lowest BCUT2D eigenvalue weighted by Gasteiger charge is -2.16. The summed E-state index contributed by atoms with van der Waals surface area (Å²) >= 11 is 0. The quantitative estimate of drug-likeness (QED) is 0.888. The van der Waals surface area contributed by atoms with Crippen LogP contribution in [0, 0.1) is 5.82 Å². The third-order valence-corrected chi connectivity index (χ3v) is 2.63. The minimum atomic E-state index is -0.457. The number of aryl methyl sites for hydroxylation is 1. The summed E-state index contributed by atoms with van der Waals surface area (Å²) in [5.41, 5.74) is 0. The number of hydrogen-bond acceptors (Lipinski definition) is 6. The average Bonchev–Trinajstić information content (AvgIpc) is 2.77. The zero-order valence-corrected chi connectivity index (χ0v) is 11.3. The molecule has 0 spiro atoms. The van der Waals surface area contributed by atoms with Crippen LogP contribution >= 0.6 is 0 Å². The van der Waals surface area contributed by atoms with Crippen LogP contribution in [0.15, 0.2) is 12.5 Å². The fraction of sp³-hybridized carbons (Fsp3) is 0.455. The molecule has 0 saturated carbocycles. The normalized spacial score (nSPS) is 12.3. The van der Waals surface area contributed by atoms with Crippen molar-refractivity contribution in [3.8, 4) is 0 Å². The van der Waals surface area contributed by atoms with Gasteiger partial charge in [-0.05, 0) is 6.92 Å². The monoisotopic (exact) mass is 265 g/mol. The maximum absolute atomic E-state index is 13.5. The Bertz CT molecular complexity index is 566. The van der Waals surface area contributed by atoms with Crippen LogP contribution in [0.3, 0.4) is 0 Å². The van der Waals surface area contributed by atoms with E-state index < -0.39 is 5.82 Å². The molecule has 1 unspecified atom stereocenters. The van der Waals surface area contributed by atoms with E-state index in [1.807, 2.05) is 6.92 Å². The van der Waals surface area contributed by atoms with Crippen LogP contribution in [-0.2, 0) is 7.05 Å². The van der Waals surface area contributed by atoms with Crippen LogP contribution in [0.4, 0.5) is 16.2 Å². The Balaban J connectivity index is 2.20. The number of nitrogens with one attached hydrogen (secondary N) is 1. The van der Waals surface area contributed by atoms with Gasteiger partial charge in [0, 0.05) is 21.1 Å². The zero-order chi connectivity index (χ0) is 14.0. The third kappa shape index (κ3) is 2.78. The predicted octanol–water partition coefficient (Wildman–Crippen LogP) is 0.983. The molecule has 0 aliphatic rings. The number of rotatable bonds is 4. The highest BCUT2D eigenvalue weighted by atomic mass is 19.1. The van der Waals surface area contributed by atoms with Crippen molar-refractivity contribution in [3.05, 3.63) is 24.2 Å². The summed E-state index contributed by atoms with van der Waals surface area (Å²) in [6.07, 6.45) is 2.62. The van der Waals surface area contributed by atoms with E-state index in [-0.39, 0.29) is 11.9 Å². The second kappa shape index (κ2) is 5.17. The maximum atomic E-state index is 13.5. The molecule has 8 heteroatoms. The Hall–Kier alpha value is -2.25. The zero-order valence-electron chi connectivity index (χ0n) is 11.3. The molecule has 0 aliphatic heterocycles. The Morgan fingerprint density at radius 2 is 2.11 bits per heavy atom. The summed E-state index contributed by atoms with van der Waals surface area (Å²) in [5.74, 6) is 0.879. The van der Waals surface area contributed by atoms with E-state index in [4.69, 9.17) is 0 Å². The fourth-order valence-electron chi connectivity index (χ4n) is 1.70. The van der Waals surface area contributed by atoms with Gasteiger partial charge in [0.05, 0.1) is 12.2 Å². The van der Waals surface area contributed by atoms with Gasteiger partial charge in [-0.15, -0.1) is 0 Å². The largest absolute Gasteiger partial charge is 0.360 e. The number of nitrogens with zero attached hydrogens (tertiary/aromatic N) is 6. The number of anilines is 2. The third-order valence-electron chi connectivity index (χ3n) is 2.63. The molecule has 102 valence electrons. The Kier molecular flexibility index (Phi) is 3.59. The van der Waals surface area contributed by atoms with E-state index in [0.29, 0.717) is 5.95 Å². The van der Waals surface area contributed by atoms with E-state index in [0.717, 1.165) is 12.0 Å². The average molecular weight is 265 g/mol. The lowest BCUT2D eigenvalue weighted by molar-refractivity contribution is 0.610. The highest BCUT2D eigenvalue weighted by molar-refractivity contribution is 5.42. The second-order valence-electron chi connectivity index (χ2n) is 4.37. The van der Waals surface area contributed by atoms with Crippen molar-refractivity contribution >= 4 is 11.8 Å². The van der Waals surface area contributed by atoms with Gasteiger partial charge in [-0.1, -0.05) is 0 Å². The first kappa shape index (κ1) is 13.2. The van der Waals surface area contributed by atoms with E-state index in [1.165, 1.54) is 6.33 Å². The molecule has 7 nitrogen and oxygen atoms in total. The number of halogens is 1. The van der Waals surface area contributed by atoms with Gasteiger partial charge in [-0.3, -0.25) is 4.68 Å². The molecule has 0 radical (unpaired) electrons. The van der Waals surface area contributed by atoms with Crippen molar-refractivity contribution in [2.24, 2.45) is 7.05 Å². The molecule has 2 rings (SSSR count). The van der Waals surface area contributed by atoms with Crippen LogP contribution in [0.5, 0.6) is 0 Å². The fourth-order valence-corrected chi connectivity index (χ4v) is 1.70. The van der Waals surface area contributed by atoms with E-state index in [1.54, 1.807) is 30.7 Å². The number of hydrogen-bond donors (Lipinski definition) is 1. The summed E-state index contributed by atoms with van der Waals surface area (Å²) in [6, 6.07) is -0.132. The van der Waals surface area contributed by atoms with Gasteiger partial charge in [0.15, 0.2) is 11.6 Å². The summed E-state index contributed by atoms with van der Waals surface area (Å²) in [6.45, 7) is 1.91. The minimum Gasteiger partial charge on any atom is -0.360 e. The summed E-state index contributed by atoms with van der Waals surface area (Å²) in [7, 11) is 5.25. The topological polar surface area (TPSA) is 71.8 Å². The lowest BCUT2D eigenvalue weighted by atomic mass is 10.3. The van der Waals surface area contributed by atoms with Gasteiger partial charge >= 0.3 is 0 Å². The highest BCUT2D eigenvalue weighted by Gasteiger charge is 2.14. The van der Waals surface area contributed by atoms with Crippen molar-refractivity contribution in [3.63, 3.8) is 0 Å². The van der Waals surface area contributed by atoms with Gasteiger partial charge in [0.25, 0.3) is 0 Å². The molecule has 19 heavy (non-hydrogen) atoms. The number of aromatic nitrogens is 5. The molecular weight excluding hydrogens is 249 g/mol. The Labute approximate surface area is 110 Å². The van der Waals surface area contributed by atoms with Crippen molar-refractivity contribution in [2.45, 2.75) is 13.0 Å². The van der Waals surface area contributed by atoms with E-state index >= 15 is 0 Å². The molecule has 0 amide bonds. The molecule has 1 N–H and O–H groups in total. The van der Waals surface area contributed by atoms with Gasteiger partial charge < -0.3 is 10.2 Å². The van der Waals surface area contributed by atoms with Crippen LogP contribution in [0.25, 0.3) is 0 Å². The van der Waals surface area contributed by atoms with Gasteiger partial charge in [-0.2, -0.15) is 10.1 Å². The van der Waals surface area contributed by atoms with Crippen molar-refractivity contribution in [2.75, 3.05) is 24.3 Å². The SMILES string of the molecule is CC(Nc1ncc(F)c(N(C)C)n1)c1ncnn1C. The first-order valence-corrected chi connectivity index (χ1v) is 5.79. The Morgan fingerprint density at radius 3 is 2.68 bits per heavy atom. The van der Waals surface area contributed by atoms with Crippen LogP contribution < -0.4 is 10.2 Å². The highest BCUT2D eigenvalue weighted by Crippen LogP contribution is 2.18. The van der Waals surface area contributed by atoms with Gasteiger partial charge in [-0.25, -0.2) is 14.4 Å². The Morgan fingerprint density at radius 1 is 1.37 bits per heavy atom. The van der Waals surface area contributed by atoms with Crippen LogP contribution in [-0.4, -0.2) is 38.8 Å². The van der Waals surface area contributed by atoms with Crippen LogP contribution in [0.1, 0.15) is 18.8 Å².